The zero-order valence-corrected chi connectivity index (χ0v) is 12.9. The van der Waals surface area contributed by atoms with E-state index < -0.39 is 0 Å². The van der Waals surface area contributed by atoms with Crippen molar-refractivity contribution < 1.29 is 9.84 Å². The van der Waals surface area contributed by atoms with E-state index in [1.165, 1.54) is 0 Å². The third-order valence-corrected chi connectivity index (χ3v) is 3.12. The molecule has 0 unspecified atom stereocenters. The molecule has 0 aliphatic heterocycles. The molecule has 0 aliphatic carbocycles. The number of nitrogens with zero attached hydrogens (tertiary/aromatic N) is 2. The van der Waals surface area contributed by atoms with E-state index in [4.69, 9.17) is 4.74 Å². The number of hydrogen-bond acceptors (Lipinski definition) is 4. The topological polar surface area (TPSA) is 54.2 Å². The van der Waals surface area contributed by atoms with Gasteiger partial charge in [0.05, 0.1) is 12.3 Å². The van der Waals surface area contributed by atoms with Gasteiger partial charge in [-0.2, -0.15) is 5.11 Å². The molecule has 4 nitrogen and oxygen atoms in total. The van der Waals surface area contributed by atoms with Crippen molar-refractivity contribution in [2.75, 3.05) is 6.61 Å². The first-order valence-electron chi connectivity index (χ1n) is 6.24. The number of phenols is 1. The lowest BCUT2D eigenvalue weighted by Crippen LogP contribution is -1.89. The molecule has 2 aromatic carbocycles. The molecular weight excluding hydrogens is 320 g/mol. The molecule has 5 heteroatoms. The van der Waals surface area contributed by atoms with Gasteiger partial charge < -0.3 is 9.84 Å². The van der Waals surface area contributed by atoms with Gasteiger partial charge in [0.25, 0.3) is 0 Å². The van der Waals surface area contributed by atoms with Crippen molar-refractivity contribution >= 4 is 27.3 Å². The van der Waals surface area contributed by atoms with Gasteiger partial charge in [-0.3, -0.25) is 0 Å². The molecule has 0 atom stereocenters. The van der Waals surface area contributed by atoms with Crippen LogP contribution in [0.1, 0.15) is 12.5 Å². The Hall–Kier alpha value is -1.88. The second-order valence-electron chi connectivity index (χ2n) is 4.22. The van der Waals surface area contributed by atoms with E-state index in [2.05, 4.69) is 26.2 Å². The van der Waals surface area contributed by atoms with Gasteiger partial charge in [0.1, 0.15) is 17.2 Å². The minimum Gasteiger partial charge on any atom is -0.505 e. The van der Waals surface area contributed by atoms with Gasteiger partial charge >= 0.3 is 0 Å². The predicted molar refractivity (Wildman–Crippen MR) is 82.3 cm³/mol. The summed E-state index contributed by atoms with van der Waals surface area (Å²) >= 11 is 3.37. The fourth-order valence-corrected chi connectivity index (χ4v) is 2.24. The highest BCUT2D eigenvalue weighted by Gasteiger charge is 2.05. The monoisotopic (exact) mass is 334 g/mol. The van der Waals surface area contributed by atoms with Gasteiger partial charge in [0, 0.05) is 4.47 Å². The number of rotatable bonds is 4. The van der Waals surface area contributed by atoms with Crippen molar-refractivity contribution in [3.05, 3.63) is 46.4 Å². The smallest absolute Gasteiger partial charge is 0.146 e. The molecule has 0 radical (unpaired) electrons. The number of phenolic OH excluding ortho intramolecular Hbond substituents is 1. The first kappa shape index (κ1) is 14.5. The zero-order chi connectivity index (χ0) is 14.5. The maximum Gasteiger partial charge on any atom is 0.146 e. The number of aromatic hydroxyl groups is 1. The van der Waals surface area contributed by atoms with Gasteiger partial charge in [-0.1, -0.05) is 15.9 Å². The van der Waals surface area contributed by atoms with E-state index in [0.29, 0.717) is 18.0 Å². The van der Waals surface area contributed by atoms with E-state index in [1.807, 2.05) is 44.2 Å². The number of halogens is 1. The van der Waals surface area contributed by atoms with Crippen molar-refractivity contribution in [2.24, 2.45) is 10.2 Å². The van der Waals surface area contributed by atoms with Crippen LogP contribution in [0.15, 0.2) is 51.1 Å². The minimum absolute atomic E-state index is 0.142. The number of azo groups is 1. The molecule has 0 saturated carbocycles. The molecule has 1 N–H and O–H groups in total. The Bertz CT molecular complexity index is 625. The quantitative estimate of drug-likeness (QED) is 0.773. The van der Waals surface area contributed by atoms with Crippen molar-refractivity contribution in [3.63, 3.8) is 0 Å². The maximum absolute atomic E-state index is 9.92. The lowest BCUT2D eigenvalue weighted by molar-refractivity contribution is 0.340. The summed E-state index contributed by atoms with van der Waals surface area (Å²) in [6.07, 6.45) is 0. The highest BCUT2D eigenvalue weighted by Crippen LogP contribution is 2.34. The van der Waals surface area contributed by atoms with E-state index in [-0.39, 0.29) is 5.75 Å². The maximum atomic E-state index is 9.92. The molecule has 0 aromatic heterocycles. The largest absolute Gasteiger partial charge is 0.505 e. The highest BCUT2D eigenvalue weighted by molar-refractivity contribution is 9.10. The number of ether oxygens (including phenoxy) is 1. The Morgan fingerprint density at radius 1 is 1.15 bits per heavy atom. The fourth-order valence-electron chi connectivity index (χ4n) is 1.68. The van der Waals surface area contributed by atoms with Crippen LogP contribution in [0, 0.1) is 6.92 Å². The number of aryl methyl sites for hydroxylation is 1. The average Bonchev–Trinajstić information content (AvgIpc) is 2.43. The summed E-state index contributed by atoms with van der Waals surface area (Å²) in [5, 5.41) is 18.1. The van der Waals surface area contributed by atoms with Crippen molar-refractivity contribution in [2.45, 2.75) is 13.8 Å². The Labute approximate surface area is 126 Å². The second-order valence-corrected chi connectivity index (χ2v) is 5.13. The molecule has 0 spiro atoms. The Balaban J connectivity index is 2.21. The van der Waals surface area contributed by atoms with Crippen LogP contribution < -0.4 is 4.74 Å². The summed E-state index contributed by atoms with van der Waals surface area (Å²) in [5.41, 5.74) is 1.89. The summed E-state index contributed by atoms with van der Waals surface area (Å²) in [6, 6.07) is 10.9. The molecule has 0 fully saturated rings. The molecule has 20 heavy (non-hydrogen) atoms. The van der Waals surface area contributed by atoms with Crippen LogP contribution in [-0.2, 0) is 0 Å². The molecule has 0 aliphatic rings. The second kappa shape index (κ2) is 6.52. The summed E-state index contributed by atoms with van der Waals surface area (Å²) in [6.45, 7) is 4.38. The van der Waals surface area contributed by atoms with E-state index >= 15 is 0 Å². The summed E-state index contributed by atoms with van der Waals surface area (Å²) < 4.78 is 6.21. The van der Waals surface area contributed by atoms with E-state index in [1.54, 1.807) is 6.07 Å². The molecule has 2 rings (SSSR count). The van der Waals surface area contributed by atoms with Crippen LogP contribution in [0.4, 0.5) is 11.4 Å². The Morgan fingerprint density at radius 3 is 2.50 bits per heavy atom. The first-order chi connectivity index (χ1) is 9.60. The van der Waals surface area contributed by atoms with Gasteiger partial charge in [0.15, 0.2) is 0 Å². The number of hydrogen-bond donors (Lipinski definition) is 1. The molecule has 0 saturated heterocycles. The molecule has 0 heterocycles. The fraction of sp³-hybridized carbons (Fsp3) is 0.200. The van der Waals surface area contributed by atoms with Crippen molar-refractivity contribution in [1.29, 1.82) is 0 Å². The van der Waals surface area contributed by atoms with Gasteiger partial charge in [-0.25, -0.2) is 0 Å². The average molecular weight is 335 g/mol. The summed E-state index contributed by atoms with van der Waals surface area (Å²) in [5.74, 6) is 0.940. The summed E-state index contributed by atoms with van der Waals surface area (Å²) in [4.78, 5) is 0. The van der Waals surface area contributed by atoms with Crippen molar-refractivity contribution in [1.82, 2.24) is 0 Å². The van der Waals surface area contributed by atoms with Gasteiger partial charge in [-0.15, -0.1) is 5.11 Å². The molecule has 0 bridgehead atoms. The first-order valence-corrected chi connectivity index (χ1v) is 7.03. The predicted octanol–water partition coefficient (Wildman–Crippen LogP) is 5.28. The molecule has 2 aromatic rings. The van der Waals surface area contributed by atoms with Crippen LogP contribution in [-0.4, -0.2) is 11.7 Å². The third kappa shape index (κ3) is 3.57. The molecule has 0 amide bonds. The Kier molecular flexibility index (Phi) is 4.74. The zero-order valence-electron chi connectivity index (χ0n) is 11.3. The third-order valence-electron chi connectivity index (χ3n) is 2.67. The van der Waals surface area contributed by atoms with Crippen LogP contribution in [0.5, 0.6) is 11.5 Å². The number of benzene rings is 2. The minimum atomic E-state index is 0.142. The van der Waals surface area contributed by atoms with E-state index in [9.17, 15) is 5.11 Å². The van der Waals surface area contributed by atoms with Crippen LogP contribution in [0.25, 0.3) is 0 Å². The SMILES string of the molecule is CCOc1ccc(N=Nc2cc(Br)cc(C)c2O)cc1. The summed E-state index contributed by atoms with van der Waals surface area (Å²) in [7, 11) is 0. The molecular formula is C15H15BrN2O2. The van der Waals surface area contributed by atoms with E-state index in [0.717, 1.165) is 15.8 Å². The molecule has 104 valence electrons. The lowest BCUT2D eigenvalue weighted by atomic mass is 10.2. The highest BCUT2D eigenvalue weighted by atomic mass is 79.9. The van der Waals surface area contributed by atoms with Crippen LogP contribution in [0.2, 0.25) is 0 Å². The van der Waals surface area contributed by atoms with Crippen molar-refractivity contribution in [3.8, 4) is 11.5 Å². The Morgan fingerprint density at radius 2 is 1.85 bits per heavy atom. The van der Waals surface area contributed by atoms with Gasteiger partial charge in [0.2, 0.25) is 0 Å². The van der Waals surface area contributed by atoms with Crippen LogP contribution in [0.3, 0.4) is 0 Å². The van der Waals surface area contributed by atoms with Crippen LogP contribution >= 0.6 is 15.9 Å². The van der Waals surface area contributed by atoms with Gasteiger partial charge in [-0.05, 0) is 55.8 Å². The normalized spacial score (nSPS) is 10.9. The standard InChI is InChI=1S/C15H15BrN2O2/c1-3-20-13-6-4-12(5-7-13)17-18-14-9-11(16)8-10(2)15(14)19/h4-9,19H,3H2,1-2H3. The lowest BCUT2D eigenvalue weighted by Gasteiger charge is -2.03.